The van der Waals surface area contributed by atoms with Gasteiger partial charge in [-0.15, -0.1) is 0 Å². The monoisotopic (exact) mass is 465 g/mol. The van der Waals surface area contributed by atoms with Crippen molar-refractivity contribution in [2.24, 2.45) is 0 Å². The van der Waals surface area contributed by atoms with Gasteiger partial charge in [0.2, 0.25) is 0 Å². The highest BCUT2D eigenvalue weighted by Crippen LogP contribution is 2.29. The average Bonchev–Trinajstić information content (AvgIpc) is 3.29. The molecule has 4 rings (SSSR count). The molecule has 144 valence electrons. The maximum atomic E-state index is 12.9. The summed E-state index contributed by atoms with van der Waals surface area (Å²) in [5.41, 5.74) is 1.40. The zero-order valence-corrected chi connectivity index (χ0v) is 17.6. The molecule has 0 spiro atoms. The van der Waals surface area contributed by atoms with Crippen molar-refractivity contribution < 1.29 is 4.79 Å². The van der Waals surface area contributed by atoms with E-state index < -0.39 is 0 Å². The number of amides is 1. The molecule has 29 heavy (non-hydrogen) atoms. The molecule has 0 fully saturated rings. The molecule has 0 aliphatic carbocycles. The van der Waals surface area contributed by atoms with Gasteiger partial charge in [0.15, 0.2) is 5.82 Å². The highest BCUT2D eigenvalue weighted by Gasteiger charge is 2.14. The van der Waals surface area contributed by atoms with E-state index in [9.17, 15) is 4.79 Å². The topological polar surface area (TPSA) is 72.7 Å². The van der Waals surface area contributed by atoms with E-state index in [2.05, 4.69) is 36.3 Å². The summed E-state index contributed by atoms with van der Waals surface area (Å²) in [6.07, 6.45) is 6.91. The maximum Gasteiger partial charge on any atom is 0.254 e. The predicted molar refractivity (Wildman–Crippen MR) is 115 cm³/mol. The maximum absolute atomic E-state index is 12.9. The number of hydrogen-bond acceptors (Lipinski definition) is 5. The molecule has 0 radical (unpaired) electrons. The minimum atomic E-state index is -0.187. The fraction of sp³-hybridized carbons (Fsp3) is 0.0476. The van der Waals surface area contributed by atoms with E-state index in [1.807, 2.05) is 48.7 Å². The van der Waals surface area contributed by atoms with E-state index >= 15 is 0 Å². The normalized spacial score (nSPS) is 10.7. The van der Waals surface area contributed by atoms with Crippen molar-refractivity contribution in [1.29, 1.82) is 0 Å². The van der Waals surface area contributed by atoms with E-state index in [0.29, 0.717) is 23.0 Å². The molecule has 8 heteroatoms. The third-order valence-electron chi connectivity index (χ3n) is 4.07. The molecule has 3 aromatic heterocycles. The number of hydrogen-bond donors (Lipinski definition) is 1. The van der Waals surface area contributed by atoms with Crippen LogP contribution in [0.25, 0.3) is 5.82 Å². The summed E-state index contributed by atoms with van der Waals surface area (Å²) in [5.74, 6) is 0.501. The van der Waals surface area contributed by atoms with Crippen LogP contribution < -0.4 is 5.32 Å². The van der Waals surface area contributed by atoms with Crippen LogP contribution in [0.15, 0.2) is 93.8 Å². The van der Waals surface area contributed by atoms with Gasteiger partial charge in [0.05, 0.1) is 5.56 Å². The Hall–Kier alpha value is -2.97. The van der Waals surface area contributed by atoms with Gasteiger partial charge in [-0.25, -0.2) is 14.6 Å². The molecule has 3 heterocycles. The Labute approximate surface area is 180 Å². The highest BCUT2D eigenvalue weighted by molar-refractivity contribution is 9.10. The summed E-state index contributed by atoms with van der Waals surface area (Å²) >= 11 is 4.89. The Balaban J connectivity index is 1.51. The fourth-order valence-electron chi connectivity index (χ4n) is 2.70. The Kier molecular flexibility index (Phi) is 6.02. The molecule has 0 aliphatic rings. The number of pyridine rings is 2. The number of carbonyl (C=O) groups excluding carboxylic acids is 1. The van der Waals surface area contributed by atoms with Crippen LogP contribution in [0, 0.1) is 0 Å². The largest absolute Gasteiger partial charge is 0.348 e. The summed E-state index contributed by atoms with van der Waals surface area (Å²) in [5, 5.41) is 7.85. The highest BCUT2D eigenvalue weighted by atomic mass is 79.9. The molecule has 0 aliphatic heterocycles. The lowest BCUT2D eigenvalue weighted by Crippen LogP contribution is -2.24. The van der Waals surface area contributed by atoms with Crippen molar-refractivity contribution in [2.75, 3.05) is 0 Å². The van der Waals surface area contributed by atoms with Crippen LogP contribution in [-0.2, 0) is 6.54 Å². The standard InChI is InChI=1S/C21H16BrN5OS/c22-16-6-8-17(9-7-16)29-21-18(5-2-11-24-21)20(28)25-14-15-4-1-10-23-19(15)27-13-3-12-26-27/h1-13H,14H2,(H,25,28). The van der Waals surface area contributed by atoms with E-state index in [0.717, 1.165) is 14.9 Å². The van der Waals surface area contributed by atoms with Crippen molar-refractivity contribution in [3.63, 3.8) is 0 Å². The first-order valence-corrected chi connectivity index (χ1v) is 10.4. The molecule has 4 aromatic rings. The zero-order chi connectivity index (χ0) is 20.1. The van der Waals surface area contributed by atoms with Gasteiger partial charge >= 0.3 is 0 Å². The predicted octanol–water partition coefficient (Wildman–Crippen LogP) is 4.51. The smallest absolute Gasteiger partial charge is 0.254 e. The minimum Gasteiger partial charge on any atom is -0.348 e. The first kappa shape index (κ1) is 19.4. The van der Waals surface area contributed by atoms with Crippen molar-refractivity contribution in [1.82, 2.24) is 25.1 Å². The Bertz CT molecular complexity index is 1120. The fourth-order valence-corrected chi connectivity index (χ4v) is 3.84. The second-order valence-corrected chi connectivity index (χ2v) is 8.01. The summed E-state index contributed by atoms with van der Waals surface area (Å²) in [4.78, 5) is 22.7. The van der Waals surface area contributed by atoms with E-state index in [1.165, 1.54) is 11.8 Å². The van der Waals surface area contributed by atoms with E-state index in [1.54, 1.807) is 35.4 Å². The molecule has 6 nitrogen and oxygen atoms in total. The summed E-state index contributed by atoms with van der Waals surface area (Å²) in [6.45, 7) is 0.332. The molecule has 0 saturated carbocycles. The lowest BCUT2D eigenvalue weighted by atomic mass is 10.2. The van der Waals surface area contributed by atoms with Crippen molar-refractivity contribution in [3.8, 4) is 5.82 Å². The Morgan fingerprint density at radius 1 is 1.00 bits per heavy atom. The van der Waals surface area contributed by atoms with Crippen molar-refractivity contribution in [2.45, 2.75) is 16.5 Å². The van der Waals surface area contributed by atoms with Crippen LogP contribution in [0.2, 0.25) is 0 Å². The van der Waals surface area contributed by atoms with Crippen LogP contribution in [0.5, 0.6) is 0 Å². The zero-order valence-electron chi connectivity index (χ0n) is 15.2. The van der Waals surface area contributed by atoms with Crippen LogP contribution >= 0.6 is 27.7 Å². The molecule has 1 amide bonds. The first-order valence-electron chi connectivity index (χ1n) is 8.81. The Morgan fingerprint density at radius 3 is 2.59 bits per heavy atom. The number of aromatic nitrogens is 4. The van der Waals surface area contributed by atoms with Gasteiger partial charge in [0.25, 0.3) is 5.91 Å². The van der Waals surface area contributed by atoms with Crippen molar-refractivity contribution >= 4 is 33.6 Å². The molecule has 0 unspecified atom stereocenters. The third-order valence-corrected chi connectivity index (χ3v) is 5.63. The van der Waals surface area contributed by atoms with Crippen LogP contribution in [0.1, 0.15) is 15.9 Å². The SMILES string of the molecule is O=C(NCc1cccnc1-n1cccn1)c1cccnc1Sc1ccc(Br)cc1. The second kappa shape index (κ2) is 9.02. The summed E-state index contributed by atoms with van der Waals surface area (Å²) < 4.78 is 2.69. The van der Waals surface area contributed by atoms with E-state index in [-0.39, 0.29) is 5.91 Å². The number of rotatable bonds is 6. The molecule has 1 aromatic carbocycles. The van der Waals surface area contributed by atoms with Crippen LogP contribution in [-0.4, -0.2) is 25.7 Å². The number of nitrogens with zero attached hydrogens (tertiary/aromatic N) is 4. The lowest BCUT2D eigenvalue weighted by Gasteiger charge is -2.11. The van der Waals surface area contributed by atoms with Gasteiger partial charge in [0.1, 0.15) is 5.03 Å². The van der Waals surface area contributed by atoms with Crippen LogP contribution in [0.3, 0.4) is 0 Å². The number of nitrogens with one attached hydrogen (secondary N) is 1. The molecular formula is C21H16BrN5OS. The number of halogens is 1. The van der Waals surface area contributed by atoms with Gasteiger partial charge in [-0.2, -0.15) is 5.10 Å². The first-order chi connectivity index (χ1) is 14.2. The molecule has 0 atom stereocenters. The Morgan fingerprint density at radius 2 is 1.79 bits per heavy atom. The van der Waals surface area contributed by atoms with Crippen molar-refractivity contribution in [3.05, 3.63) is 95.0 Å². The quantitative estimate of drug-likeness (QED) is 0.453. The molecular weight excluding hydrogens is 450 g/mol. The van der Waals surface area contributed by atoms with Gasteiger partial charge in [-0.1, -0.05) is 33.8 Å². The van der Waals surface area contributed by atoms with Gasteiger partial charge in [-0.05, 0) is 48.5 Å². The number of benzene rings is 1. The average molecular weight is 466 g/mol. The van der Waals surface area contributed by atoms with E-state index in [4.69, 9.17) is 0 Å². The third kappa shape index (κ3) is 4.72. The second-order valence-electron chi connectivity index (χ2n) is 6.03. The minimum absolute atomic E-state index is 0.187. The lowest BCUT2D eigenvalue weighted by molar-refractivity contribution is 0.0947. The molecule has 1 N–H and O–H groups in total. The van der Waals surface area contributed by atoms with Gasteiger partial charge in [0, 0.05) is 46.3 Å². The van der Waals surface area contributed by atoms with Crippen LogP contribution in [0.4, 0.5) is 0 Å². The number of carbonyl (C=O) groups is 1. The van der Waals surface area contributed by atoms with Gasteiger partial charge < -0.3 is 5.32 Å². The summed E-state index contributed by atoms with van der Waals surface area (Å²) in [7, 11) is 0. The summed E-state index contributed by atoms with van der Waals surface area (Å²) in [6, 6.07) is 17.0. The van der Waals surface area contributed by atoms with Gasteiger partial charge in [-0.3, -0.25) is 4.79 Å². The molecule has 0 saturated heterocycles. The molecule has 0 bridgehead atoms.